The zero-order valence-electron chi connectivity index (χ0n) is 9.32. The molecule has 0 aliphatic heterocycles. The number of nitrogens with two attached hydrogens (primary N) is 1. The molecule has 0 fully saturated rings. The van der Waals surface area contributed by atoms with Gasteiger partial charge in [0.05, 0.1) is 15.9 Å². The highest BCUT2D eigenvalue weighted by atomic mass is 32.1. The molecule has 0 radical (unpaired) electrons. The van der Waals surface area contributed by atoms with Gasteiger partial charge >= 0.3 is 0 Å². The first-order chi connectivity index (χ1) is 8.79. The normalized spacial score (nSPS) is 12.1. The van der Waals surface area contributed by atoms with Crippen LogP contribution in [0.1, 0.15) is 5.69 Å². The average molecular weight is 258 g/mol. The van der Waals surface area contributed by atoms with Crippen LogP contribution in [0.2, 0.25) is 0 Å². The van der Waals surface area contributed by atoms with Gasteiger partial charge in [-0.25, -0.2) is 4.98 Å². The number of hydrogen-bond acceptors (Lipinski definition) is 4. The van der Waals surface area contributed by atoms with Gasteiger partial charge in [-0.1, -0.05) is 28.6 Å². The Hall–Kier alpha value is -2.34. The molecule has 2 aromatic heterocycles. The largest absolute Gasteiger partial charge is 0.409 e. The van der Waals surface area contributed by atoms with Crippen molar-refractivity contribution in [3.8, 4) is 5.13 Å². The van der Waals surface area contributed by atoms with Crippen molar-refractivity contribution in [2.45, 2.75) is 0 Å². The van der Waals surface area contributed by atoms with Gasteiger partial charge in [0.25, 0.3) is 0 Å². The fourth-order valence-electron chi connectivity index (χ4n) is 1.77. The van der Waals surface area contributed by atoms with E-state index in [2.05, 4.69) is 10.1 Å². The molecular weight excluding hydrogens is 248 g/mol. The summed E-state index contributed by atoms with van der Waals surface area (Å²) in [7, 11) is 0. The highest BCUT2D eigenvalue weighted by Gasteiger charge is 2.11. The average Bonchev–Trinajstić information content (AvgIpc) is 3.03. The molecule has 0 bridgehead atoms. The number of rotatable bonds is 2. The lowest BCUT2D eigenvalue weighted by atomic mass is 10.3. The topological polar surface area (TPSA) is 76.4 Å². The third kappa shape index (κ3) is 1.63. The van der Waals surface area contributed by atoms with Crippen LogP contribution in [0.4, 0.5) is 0 Å². The number of amidine groups is 1. The molecule has 18 heavy (non-hydrogen) atoms. The number of nitrogens with zero attached hydrogens (tertiary/aromatic N) is 3. The van der Waals surface area contributed by atoms with E-state index in [0.29, 0.717) is 5.69 Å². The predicted molar refractivity (Wildman–Crippen MR) is 71.5 cm³/mol. The van der Waals surface area contributed by atoms with Crippen LogP contribution in [0.25, 0.3) is 15.3 Å². The maximum absolute atomic E-state index is 8.75. The molecule has 3 N–H and O–H groups in total. The van der Waals surface area contributed by atoms with Gasteiger partial charge in [0.2, 0.25) is 0 Å². The van der Waals surface area contributed by atoms with Gasteiger partial charge in [-0.15, -0.1) is 0 Å². The maximum atomic E-state index is 8.75. The first kappa shape index (κ1) is 10.8. The molecule has 5 nitrogen and oxygen atoms in total. The zero-order valence-corrected chi connectivity index (χ0v) is 10.1. The van der Waals surface area contributed by atoms with Crippen molar-refractivity contribution in [2.75, 3.05) is 0 Å². The molecule has 0 aliphatic rings. The molecule has 0 saturated carbocycles. The molecule has 0 saturated heterocycles. The van der Waals surface area contributed by atoms with Gasteiger partial charge in [0.15, 0.2) is 11.0 Å². The molecule has 0 amide bonds. The lowest BCUT2D eigenvalue weighted by Gasteiger charge is -2.02. The zero-order chi connectivity index (χ0) is 12.5. The summed E-state index contributed by atoms with van der Waals surface area (Å²) in [5, 5.41) is 12.6. The van der Waals surface area contributed by atoms with E-state index in [1.807, 2.05) is 36.5 Å². The van der Waals surface area contributed by atoms with Gasteiger partial charge in [-0.2, -0.15) is 0 Å². The summed E-state index contributed by atoms with van der Waals surface area (Å²) >= 11 is 1.56. The van der Waals surface area contributed by atoms with E-state index in [4.69, 9.17) is 10.9 Å². The molecule has 0 unspecified atom stereocenters. The fourth-order valence-corrected chi connectivity index (χ4v) is 2.73. The lowest BCUT2D eigenvalue weighted by Crippen LogP contribution is -2.17. The number of aromatic nitrogens is 2. The highest BCUT2D eigenvalue weighted by molar-refractivity contribution is 7.20. The number of fused-ring (bicyclic) bond motifs is 1. The van der Waals surface area contributed by atoms with Gasteiger partial charge in [-0.05, 0) is 24.3 Å². The summed E-state index contributed by atoms with van der Waals surface area (Å²) in [6.07, 6.45) is 1.84. The summed E-state index contributed by atoms with van der Waals surface area (Å²) in [4.78, 5) is 4.52. The van der Waals surface area contributed by atoms with Crippen LogP contribution in [-0.2, 0) is 0 Å². The van der Waals surface area contributed by atoms with E-state index in [1.54, 1.807) is 22.0 Å². The summed E-state index contributed by atoms with van der Waals surface area (Å²) in [6.45, 7) is 0. The first-order valence-corrected chi connectivity index (χ1v) is 6.12. The van der Waals surface area contributed by atoms with E-state index >= 15 is 0 Å². The second kappa shape index (κ2) is 4.15. The van der Waals surface area contributed by atoms with Gasteiger partial charge in [0.1, 0.15) is 0 Å². The monoisotopic (exact) mass is 258 g/mol. The van der Waals surface area contributed by atoms with Crippen LogP contribution in [0, 0.1) is 0 Å². The second-order valence-electron chi connectivity index (χ2n) is 3.71. The Kier molecular flexibility index (Phi) is 2.49. The molecule has 3 aromatic rings. The SMILES string of the molecule is N/C(=N/O)c1cccn1-c1nc2ccccc2s1. The van der Waals surface area contributed by atoms with Crippen LogP contribution in [0.3, 0.4) is 0 Å². The van der Waals surface area contributed by atoms with Crippen molar-refractivity contribution in [3.05, 3.63) is 48.3 Å². The van der Waals surface area contributed by atoms with Crippen LogP contribution >= 0.6 is 11.3 Å². The standard InChI is InChI=1S/C12H10N4OS/c13-11(15-17)9-5-3-7-16(9)12-14-8-4-1-2-6-10(8)18-12/h1-7,17H,(H2,13,15). The minimum absolute atomic E-state index is 0.0688. The van der Waals surface area contributed by atoms with E-state index in [-0.39, 0.29) is 5.84 Å². The molecule has 0 spiro atoms. The third-order valence-electron chi connectivity index (χ3n) is 2.61. The van der Waals surface area contributed by atoms with Crippen LogP contribution in [0.15, 0.2) is 47.8 Å². The first-order valence-electron chi connectivity index (χ1n) is 5.31. The number of thiazole rings is 1. The number of para-hydroxylation sites is 1. The Bertz CT molecular complexity index is 695. The van der Waals surface area contributed by atoms with Crippen LogP contribution in [-0.4, -0.2) is 20.6 Å². The Morgan fingerprint density at radius 1 is 1.28 bits per heavy atom. The minimum atomic E-state index is 0.0688. The van der Waals surface area contributed by atoms with E-state index < -0.39 is 0 Å². The van der Waals surface area contributed by atoms with Crippen molar-refractivity contribution < 1.29 is 5.21 Å². The second-order valence-corrected chi connectivity index (χ2v) is 4.72. The van der Waals surface area contributed by atoms with Gasteiger partial charge < -0.3 is 10.9 Å². The van der Waals surface area contributed by atoms with Crippen LogP contribution in [0.5, 0.6) is 0 Å². The van der Waals surface area contributed by atoms with Gasteiger partial charge in [0, 0.05) is 6.20 Å². The quantitative estimate of drug-likeness (QED) is 0.320. The number of oxime groups is 1. The van der Waals surface area contributed by atoms with Crippen molar-refractivity contribution in [1.29, 1.82) is 0 Å². The van der Waals surface area contributed by atoms with E-state index in [0.717, 1.165) is 15.3 Å². The predicted octanol–water partition coefficient (Wildman–Crippen LogP) is 2.18. The molecule has 6 heteroatoms. The molecule has 1 aromatic carbocycles. The molecule has 0 aliphatic carbocycles. The van der Waals surface area contributed by atoms with E-state index in [9.17, 15) is 0 Å². The van der Waals surface area contributed by atoms with Crippen molar-refractivity contribution >= 4 is 27.4 Å². The summed E-state index contributed by atoms with van der Waals surface area (Å²) in [6, 6.07) is 11.5. The highest BCUT2D eigenvalue weighted by Crippen LogP contribution is 2.25. The molecule has 90 valence electrons. The molecule has 3 rings (SSSR count). The molecule has 0 atom stereocenters. The Labute approximate surface area is 107 Å². The smallest absolute Gasteiger partial charge is 0.195 e. The van der Waals surface area contributed by atoms with Gasteiger partial charge in [-0.3, -0.25) is 4.57 Å². The molecular formula is C12H10N4OS. The fraction of sp³-hybridized carbons (Fsp3) is 0. The summed E-state index contributed by atoms with van der Waals surface area (Å²) < 4.78 is 2.91. The van der Waals surface area contributed by atoms with E-state index in [1.165, 1.54) is 0 Å². The Morgan fingerprint density at radius 3 is 2.89 bits per heavy atom. The maximum Gasteiger partial charge on any atom is 0.195 e. The number of hydrogen-bond donors (Lipinski definition) is 2. The third-order valence-corrected chi connectivity index (χ3v) is 3.64. The number of benzene rings is 1. The summed E-state index contributed by atoms with van der Waals surface area (Å²) in [5.74, 6) is 0.0688. The van der Waals surface area contributed by atoms with Crippen LogP contribution < -0.4 is 5.73 Å². The Morgan fingerprint density at radius 2 is 2.11 bits per heavy atom. The minimum Gasteiger partial charge on any atom is -0.409 e. The Balaban J connectivity index is 2.18. The summed E-state index contributed by atoms with van der Waals surface area (Å²) in [5.41, 5.74) is 7.19. The van der Waals surface area contributed by atoms with Crippen molar-refractivity contribution in [3.63, 3.8) is 0 Å². The van der Waals surface area contributed by atoms with Crippen molar-refractivity contribution in [1.82, 2.24) is 9.55 Å². The lowest BCUT2D eigenvalue weighted by molar-refractivity contribution is 0.318. The molecule has 2 heterocycles. The van der Waals surface area contributed by atoms with Crippen molar-refractivity contribution in [2.24, 2.45) is 10.9 Å².